The lowest BCUT2D eigenvalue weighted by atomic mass is 10.1. The number of para-hydroxylation sites is 1. The van der Waals surface area contributed by atoms with Gasteiger partial charge in [-0.3, -0.25) is 9.69 Å². The van der Waals surface area contributed by atoms with Gasteiger partial charge in [0.25, 0.3) is 0 Å². The standard InChI is InChI=1S/C21H17N3O2S/c1-2-12-24(21-22-18(14-27-21)15-8-4-3-5-9-15)20(25)13-17-16-10-6-7-11-19(16)26-23-17/h2-11,14H,1,12-13H2. The van der Waals surface area contributed by atoms with Gasteiger partial charge in [-0.2, -0.15) is 0 Å². The first kappa shape index (κ1) is 17.2. The second-order valence-electron chi connectivity index (χ2n) is 5.98. The fraction of sp³-hybridized carbons (Fsp3) is 0.0952. The molecular weight excluding hydrogens is 358 g/mol. The van der Waals surface area contributed by atoms with Crippen molar-refractivity contribution in [3.8, 4) is 11.3 Å². The summed E-state index contributed by atoms with van der Waals surface area (Å²) in [5, 5.41) is 7.52. The number of aromatic nitrogens is 2. The zero-order chi connectivity index (χ0) is 18.6. The van der Waals surface area contributed by atoms with Gasteiger partial charge in [-0.25, -0.2) is 4.98 Å². The minimum absolute atomic E-state index is 0.0945. The van der Waals surface area contributed by atoms with Crippen LogP contribution in [-0.4, -0.2) is 22.6 Å². The molecule has 1 amide bonds. The lowest BCUT2D eigenvalue weighted by Crippen LogP contribution is -2.32. The van der Waals surface area contributed by atoms with Crippen molar-refractivity contribution in [2.24, 2.45) is 0 Å². The van der Waals surface area contributed by atoms with Gasteiger partial charge in [-0.15, -0.1) is 17.9 Å². The summed E-state index contributed by atoms with van der Waals surface area (Å²) in [5.74, 6) is -0.0945. The molecule has 0 unspecified atom stereocenters. The molecule has 4 aromatic rings. The summed E-state index contributed by atoms with van der Waals surface area (Å²) in [4.78, 5) is 19.2. The Balaban J connectivity index is 1.60. The highest BCUT2D eigenvalue weighted by Gasteiger charge is 2.21. The molecule has 0 fully saturated rings. The number of nitrogens with zero attached hydrogens (tertiary/aromatic N) is 3. The summed E-state index contributed by atoms with van der Waals surface area (Å²) in [7, 11) is 0. The molecule has 0 radical (unpaired) electrons. The molecule has 4 rings (SSSR count). The largest absolute Gasteiger partial charge is 0.356 e. The first-order chi connectivity index (χ1) is 13.3. The fourth-order valence-electron chi connectivity index (χ4n) is 2.85. The molecule has 5 nitrogen and oxygen atoms in total. The van der Waals surface area contributed by atoms with E-state index in [2.05, 4.69) is 16.7 Å². The molecule has 2 aromatic heterocycles. The Labute approximate surface area is 160 Å². The summed E-state index contributed by atoms with van der Waals surface area (Å²) in [5.41, 5.74) is 3.18. The number of hydrogen-bond donors (Lipinski definition) is 0. The summed E-state index contributed by atoms with van der Waals surface area (Å²) >= 11 is 1.44. The van der Waals surface area contributed by atoms with Crippen molar-refractivity contribution < 1.29 is 9.32 Å². The zero-order valence-corrected chi connectivity index (χ0v) is 15.4. The van der Waals surface area contributed by atoms with Crippen molar-refractivity contribution in [2.75, 3.05) is 11.4 Å². The number of anilines is 1. The first-order valence-electron chi connectivity index (χ1n) is 8.52. The molecule has 6 heteroatoms. The molecule has 0 spiro atoms. The number of benzene rings is 2. The number of carbonyl (C=O) groups excluding carboxylic acids is 1. The minimum Gasteiger partial charge on any atom is -0.356 e. The van der Waals surface area contributed by atoms with Gasteiger partial charge in [0.05, 0.1) is 12.1 Å². The van der Waals surface area contributed by atoms with Crippen LogP contribution < -0.4 is 4.90 Å². The molecule has 2 heterocycles. The third-order valence-corrected chi connectivity index (χ3v) is 5.04. The van der Waals surface area contributed by atoms with Crippen LogP contribution in [0.1, 0.15) is 5.69 Å². The van der Waals surface area contributed by atoms with Gasteiger partial charge in [0, 0.05) is 22.9 Å². The molecular formula is C21H17N3O2S. The zero-order valence-electron chi connectivity index (χ0n) is 14.5. The first-order valence-corrected chi connectivity index (χ1v) is 9.39. The van der Waals surface area contributed by atoms with Crippen LogP contribution in [0.5, 0.6) is 0 Å². The molecule has 134 valence electrons. The maximum atomic E-state index is 13.0. The van der Waals surface area contributed by atoms with E-state index in [0.717, 1.165) is 16.6 Å². The molecule has 27 heavy (non-hydrogen) atoms. The summed E-state index contributed by atoms with van der Waals surface area (Å²) < 4.78 is 5.30. The van der Waals surface area contributed by atoms with Crippen LogP contribution >= 0.6 is 11.3 Å². The number of thiazole rings is 1. The van der Waals surface area contributed by atoms with Crippen LogP contribution in [0.4, 0.5) is 5.13 Å². The Morgan fingerprint density at radius 1 is 1.15 bits per heavy atom. The predicted molar refractivity (Wildman–Crippen MR) is 108 cm³/mol. The van der Waals surface area contributed by atoms with Crippen molar-refractivity contribution in [3.05, 3.63) is 78.3 Å². The van der Waals surface area contributed by atoms with Crippen LogP contribution in [0.15, 0.2) is 77.2 Å². The van der Waals surface area contributed by atoms with Gasteiger partial charge in [-0.1, -0.05) is 53.7 Å². The monoisotopic (exact) mass is 375 g/mol. The molecule has 0 saturated carbocycles. The lowest BCUT2D eigenvalue weighted by molar-refractivity contribution is -0.117. The van der Waals surface area contributed by atoms with Gasteiger partial charge in [0.1, 0.15) is 5.69 Å². The predicted octanol–water partition coefficient (Wildman–Crippen LogP) is 4.71. The molecule has 0 aliphatic heterocycles. The number of amides is 1. The Morgan fingerprint density at radius 2 is 1.93 bits per heavy atom. The van der Waals surface area contributed by atoms with Crippen molar-refractivity contribution in [1.29, 1.82) is 0 Å². The van der Waals surface area contributed by atoms with E-state index < -0.39 is 0 Å². The number of rotatable bonds is 6. The van der Waals surface area contributed by atoms with Crippen molar-refractivity contribution in [3.63, 3.8) is 0 Å². The normalized spacial score (nSPS) is 10.8. The molecule has 0 saturated heterocycles. The quantitative estimate of drug-likeness (QED) is 0.458. The van der Waals surface area contributed by atoms with Crippen LogP contribution in [0, 0.1) is 0 Å². The number of fused-ring (bicyclic) bond motifs is 1. The van der Waals surface area contributed by atoms with E-state index in [1.807, 2.05) is 60.0 Å². The molecule has 2 aromatic carbocycles. The van der Waals surface area contributed by atoms with E-state index in [1.54, 1.807) is 11.0 Å². The Hall–Kier alpha value is -3.25. The third kappa shape index (κ3) is 3.52. The van der Waals surface area contributed by atoms with Crippen molar-refractivity contribution in [1.82, 2.24) is 10.1 Å². The highest BCUT2D eigenvalue weighted by molar-refractivity contribution is 7.14. The topological polar surface area (TPSA) is 59.2 Å². The van der Waals surface area contributed by atoms with Gasteiger partial charge >= 0.3 is 0 Å². The van der Waals surface area contributed by atoms with Gasteiger partial charge in [0.2, 0.25) is 5.91 Å². The number of hydrogen-bond acceptors (Lipinski definition) is 5. The Morgan fingerprint density at radius 3 is 2.74 bits per heavy atom. The van der Waals surface area contributed by atoms with Gasteiger partial charge < -0.3 is 4.52 Å². The second-order valence-corrected chi connectivity index (χ2v) is 6.81. The average Bonchev–Trinajstić information content (AvgIpc) is 3.35. The summed E-state index contributed by atoms with van der Waals surface area (Å²) in [6.45, 7) is 4.15. The van der Waals surface area contributed by atoms with Gasteiger partial charge in [-0.05, 0) is 12.1 Å². The second kappa shape index (κ2) is 7.55. The smallest absolute Gasteiger partial charge is 0.235 e. The fourth-order valence-corrected chi connectivity index (χ4v) is 3.71. The average molecular weight is 375 g/mol. The highest BCUT2D eigenvalue weighted by Crippen LogP contribution is 2.28. The summed E-state index contributed by atoms with van der Waals surface area (Å²) in [6.07, 6.45) is 1.84. The third-order valence-electron chi connectivity index (χ3n) is 4.18. The Bertz CT molecular complexity index is 1080. The molecule has 0 aliphatic carbocycles. The van der Waals surface area contributed by atoms with E-state index in [1.165, 1.54) is 11.3 Å². The van der Waals surface area contributed by atoms with Crippen LogP contribution in [0.3, 0.4) is 0 Å². The van der Waals surface area contributed by atoms with E-state index in [0.29, 0.717) is 23.0 Å². The van der Waals surface area contributed by atoms with Crippen molar-refractivity contribution in [2.45, 2.75) is 6.42 Å². The van der Waals surface area contributed by atoms with Crippen LogP contribution in [-0.2, 0) is 11.2 Å². The van der Waals surface area contributed by atoms with Gasteiger partial charge in [0.15, 0.2) is 10.7 Å². The van der Waals surface area contributed by atoms with E-state index in [4.69, 9.17) is 4.52 Å². The number of carbonyl (C=O) groups is 1. The minimum atomic E-state index is -0.0945. The Kier molecular flexibility index (Phi) is 4.80. The molecule has 0 bridgehead atoms. The molecule has 0 aliphatic rings. The van der Waals surface area contributed by atoms with Crippen LogP contribution in [0.25, 0.3) is 22.2 Å². The van der Waals surface area contributed by atoms with Crippen molar-refractivity contribution >= 4 is 33.3 Å². The van der Waals surface area contributed by atoms with Crippen LogP contribution in [0.2, 0.25) is 0 Å². The lowest BCUT2D eigenvalue weighted by Gasteiger charge is -2.17. The maximum Gasteiger partial charge on any atom is 0.235 e. The van der Waals surface area contributed by atoms with E-state index >= 15 is 0 Å². The van der Waals surface area contributed by atoms with E-state index in [-0.39, 0.29) is 12.3 Å². The molecule has 0 atom stereocenters. The molecule has 0 N–H and O–H groups in total. The van der Waals surface area contributed by atoms with E-state index in [9.17, 15) is 4.79 Å². The summed E-state index contributed by atoms with van der Waals surface area (Å²) in [6, 6.07) is 17.4. The maximum absolute atomic E-state index is 13.0. The highest BCUT2D eigenvalue weighted by atomic mass is 32.1. The SMILES string of the molecule is C=CCN(C(=O)Cc1noc2ccccc12)c1nc(-c2ccccc2)cs1.